The van der Waals surface area contributed by atoms with Crippen molar-refractivity contribution in [3.05, 3.63) is 42.6 Å². The van der Waals surface area contributed by atoms with Crippen molar-refractivity contribution in [3.63, 3.8) is 0 Å². The number of para-hydroxylation sites is 1. The Balaban J connectivity index is 1.77. The Labute approximate surface area is 220 Å². The van der Waals surface area contributed by atoms with Crippen LogP contribution in [-0.2, 0) is 28.2 Å². The van der Waals surface area contributed by atoms with E-state index in [1.807, 2.05) is 0 Å². The van der Waals surface area contributed by atoms with Crippen molar-refractivity contribution < 1.29 is 42.9 Å². The SMILES string of the molecule is CC(C)OC(=O)C(C)N=CP(=O)(OCC1OC(N2C=CC(=O)NC2S)C(C)(O)C1O)Oc1ccccc1. The van der Waals surface area contributed by atoms with Gasteiger partial charge in [0.15, 0.2) is 6.23 Å². The van der Waals surface area contributed by atoms with E-state index < -0.39 is 55.7 Å². The molecule has 1 aromatic rings. The highest BCUT2D eigenvalue weighted by atomic mass is 32.1. The largest absolute Gasteiger partial charge is 0.461 e. The van der Waals surface area contributed by atoms with Crippen LogP contribution >= 0.6 is 20.2 Å². The minimum Gasteiger partial charge on any atom is -0.461 e. The molecule has 204 valence electrons. The summed E-state index contributed by atoms with van der Waals surface area (Å²) in [6.07, 6.45) is -1.47. The van der Waals surface area contributed by atoms with Gasteiger partial charge in [-0.3, -0.25) is 14.3 Å². The summed E-state index contributed by atoms with van der Waals surface area (Å²) >= 11 is 4.28. The first-order valence-corrected chi connectivity index (χ1v) is 13.7. The zero-order chi connectivity index (χ0) is 27.4. The number of esters is 1. The number of carbonyl (C=O) groups excluding carboxylic acids is 2. The van der Waals surface area contributed by atoms with Crippen molar-refractivity contribution in [3.8, 4) is 5.75 Å². The zero-order valence-corrected chi connectivity index (χ0v) is 22.6. The second-order valence-corrected chi connectivity index (χ2v) is 11.2. The van der Waals surface area contributed by atoms with Crippen LogP contribution in [0.4, 0.5) is 0 Å². The van der Waals surface area contributed by atoms with Crippen LogP contribution in [0.1, 0.15) is 27.7 Å². The van der Waals surface area contributed by atoms with Crippen LogP contribution in [0.2, 0.25) is 0 Å². The molecule has 0 radical (unpaired) electrons. The number of rotatable bonds is 10. The maximum Gasteiger partial charge on any atom is 0.421 e. The lowest BCUT2D eigenvalue weighted by molar-refractivity contribution is -0.148. The molecule has 0 bridgehead atoms. The number of nitrogens with one attached hydrogen (secondary N) is 1. The van der Waals surface area contributed by atoms with Crippen LogP contribution in [0, 0.1) is 0 Å². The first kappa shape index (κ1) is 29.2. The highest BCUT2D eigenvalue weighted by Gasteiger charge is 2.55. The highest BCUT2D eigenvalue weighted by molar-refractivity contribution is 7.80. The fourth-order valence-corrected chi connectivity index (χ4v) is 5.18. The van der Waals surface area contributed by atoms with Gasteiger partial charge in [0.25, 0.3) is 0 Å². The molecule has 37 heavy (non-hydrogen) atoms. The van der Waals surface area contributed by atoms with Crippen molar-refractivity contribution in [1.82, 2.24) is 10.2 Å². The normalized spacial score (nSPS) is 30.3. The first-order chi connectivity index (χ1) is 17.3. The average molecular weight is 558 g/mol. The van der Waals surface area contributed by atoms with Crippen LogP contribution in [0.25, 0.3) is 0 Å². The number of thiol groups is 1. The van der Waals surface area contributed by atoms with Gasteiger partial charge in [-0.1, -0.05) is 18.2 Å². The molecule has 0 aliphatic carbocycles. The number of hydrogen-bond donors (Lipinski definition) is 4. The Morgan fingerprint density at radius 1 is 1.35 bits per heavy atom. The number of aliphatic hydroxyl groups excluding tert-OH is 1. The molecule has 3 rings (SSSR count). The summed E-state index contributed by atoms with van der Waals surface area (Å²) in [5.41, 5.74) is -2.64. The molecule has 7 atom stereocenters. The summed E-state index contributed by atoms with van der Waals surface area (Å²) < 4.78 is 35.7. The van der Waals surface area contributed by atoms with Gasteiger partial charge in [-0.2, -0.15) is 0 Å². The Hall–Kier alpha value is -2.41. The summed E-state index contributed by atoms with van der Waals surface area (Å²) in [6.45, 7) is 5.75. The molecule has 1 saturated heterocycles. The number of carbonyl (C=O) groups is 2. The summed E-state index contributed by atoms with van der Waals surface area (Å²) in [4.78, 5) is 29.1. The van der Waals surface area contributed by atoms with Gasteiger partial charge in [0.2, 0.25) is 5.91 Å². The second-order valence-electron chi connectivity index (χ2n) is 9.01. The zero-order valence-electron chi connectivity index (χ0n) is 20.8. The topological polar surface area (TPSA) is 156 Å². The van der Waals surface area contributed by atoms with Gasteiger partial charge < -0.3 is 34.4 Å². The molecule has 1 fully saturated rings. The van der Waals surface area contributed by atoms with E-state index in [0.717, 1.165) is 5.96 Å². The van der Waals surface area contributed by atoms with E-state index in [-0.39, 0.29) is 17.8 Å². The summed E-state index contributed by atoms with van der Waals surface area (Å²) in [6, 6.07) is 7.23. The van der Waals surface area contributed by atoms with Crippen molar-refractivity contribution in [2.24, 2.45) is 4.99 Å². The van der Waals surface area contributed by atoms with Crippen LogP contribution < -0.4 is 9.84 Å². The van der Waals surface area contributed by atoms with Crippen molar-refractivity contribution in [1.29, 1.82) is 0 Å². The van der Waals surface area contributed by atoms with E-state index in [4.69, 9.17) is 18.5 Å². The molecule has 2 heterocycles. The number of ether oxygens (including phenoxy) is 2. The predicted molar refractivity (Wildman–Crippen MR) is 137 cm³/mol. The maximum atomic E-state index is 13.6. The van der Waals surface area contributed by atoms with Gasteiger partial charge in [0.05, 0.1) is 12.7 Å². The smallest absolute Gasteiger partial charge is 0.421 e. The Morgan fingerprint density at radius 2 is 2.03 bits per heavy atom. The molecular weight excluding hydrogens is 525 g/mol. The molecule has 0 spiro atoms. The molecule has 1 aromatic carbocycles. The third-order valence-corrected chi connectivity index (χ3v) is 7.28. The monoisotopic (exact) mass is 557 g/mol. The third-order valence-electron chi connectivity index (χ3n) is 5.50. The molecule has 14 heteroatoms. The van der Waals surface area contributed by atoms with Crippen LogP contribution in [0.15, 0.2) is 47.6 Å². The minimum atomic E-state index is -4.13. The number of aliphatic hydroxyl groups is 2. The Bertz CT molecular complexity index is 1070. The van der Waals surface area contributed by atoms with E-state index in [9.17, 15) is 24.4 Å². The molecule has 1 amide bonds. The Morgan fingerprint density at radius 3 is 2.65 bits per heavy atom. The number of nitrogens with zero attached hydrogens (tertiary/aromatic N) is 2. The van der Waals surface area contributed by atoms with Gasteiger partial charge in [0.1, 0.15) is 41.1 Å². The van der Waals surface area contributed by atoms with Crippen molar-refractivity contribution in [2.75, 3.05) is 6.61 Å². The van der Waals surface area contributed by atoms with E-state index in [2.05, 4.69) is 22.9 Å². The van der Waals surface area contributed by atoms with Gasteiger partial charge in [0, 0.05) is 12.3 Å². The van der Waals surface area contributed by atoms with Crippen molar-refractivity contribution in [2.45, 2.75) is 69.4 Å². The fraction of sp³-hybridized carbons (Fsp3) is 0.522. The molecular formula is C23H32N3O9PS. The van der Waals surface area contributed by atoms with Gasteiger partial charge in [-0.05, 0) is 39.8 Å². The Kier molecular flexibility index (Phi) is 9.43. The summed E-state index contributed by atoms with van der Waals surface area (Å²) in [5.74, 6) is 0.142. The molecule has 3 N–H and O–H groups in total. The summed E-state index contributed by atoms with van der Waals surface area (Å²) in [7, 11) is -4.13. The van der Waals surface area contributed by atoms with Crippen LogP contribution in [0.5, 0.6) is 5.75 Å². The number of hydrogen-bond acceptors (Lipinski definition) is 12. The quantitative estimate of drug-likeness (QED) is 0.144. The lowest BCUT2D eigenvalue weighted by Gasteiger charge is -2.39. The van der Waals surface area contributed by atoms with Gasteiger partial charge in [-0.15, -0.1) is 12.6 Å². The predicted octanol–water partition coefficient (Wildman–Crippen LogP) is 1.64. The molecule has 12 nitrogen and oxygen atoms in total. The molecule has 7 unspecified atom stereocenters. The molecule has 2 aliphatic heterocycles. The number of amides is 1. The average Bonchev–Trinajstić information content (AvgIpc) is 3.05. The molecule has 2 aliphatic rings. The lowest BCUT2D eigenvalue weighted by atomic mass is 9.96. The van der Waals surface area contributed by atoms with Gasteiger partial charge >= 0.3 is 13.6 Å². The highest BCUT2D eigenvalue weighted by Crippen LogP contribution is 2.47. The summed E-state index contributed by atoms with van der Waals surface area (Å²) in [5, 5.41) is 24.3. The van der Waals surface area contributed by atoms with E-state index >= 15 is 0 Å². The van der Waals surface area contributed by atoms with E-state index in [1.54, 1.807) is 44.2 Å². The van der Waals surface area contributed by atoms with Crippen molar-refractivity contribution >= 4 is 38.1 Å². The molecule has 0 saturated carbocycles. The van der Waals surface area contributed by atoms with Gasteiger partial charge in [-0.25, -0.2) is 9.36 Å². The second kappa shape index (κ2) is 12.0. The standard InChI is InChI=1S/C23H32N3O9PS/c1-14(2)33-20(29)15(3)24-13-36(31,35-16-8-6-5-7-9-16)32-12-17-19(28)23(4,30)21(34-17)26-11-10-18(27)25-22(26)37/h5-11,13-15,17,19,21-22,28,30,37H,12H2,1-4H3,(H,25,27). The van der Waals surface area contributed by atoms with Crippen LogP contribution in [0.3, 0.4) is 0 Å². The minimum absolute atomic E-state index is 0.222. The lowest BCUT2D eigenvalue weighted by Crippen LogP contribution is -2.57. The first-order valence-electron chi connectivity index (χ1n) is 11.6. The van der Waals surface area contributed by atoms with Crippen LogP contribution in [-0.4, -0.2) is 81.2 Å². The third kappa shape index (κ3) is 7.34. The fourth-order valence-electron chi connectivity index (χ4n) is 3.56. The van der Waals surface area contributed by atoms with E-state index in [1.165, 1.54) is 31.0 Å². The maximum absolute atomic E-state index is 13.6. The number of aliphatic imine (C=N–C) groups is 1. The van der Waals surface area contributed by atoms with E-state index in [0.29, 0.717) is 0 Å². The number of benzene rings is 1. The molecule has 0 aromatic heterocycles.